The third-order valence-electron chi connectivity index (χ3n) is 4.09. The van der Waals surface area contributed by atoms with E-state index in [-0.39, 0.29) is 12.3 Å². The number of benzene rings is 1. The van der Waals surface area contributed by atoms with E-state index in [4.69, 9.17) is 4.74 Å². The largest absolute Gasteiger partial charge is 0.462 e. The zero-order valence-corrected chi connectivity index (χ0v) is 15.9. The second-order valence-corrected chi connectivity index (χ2v) is 7.06. The van der Waals surface area contributed by atoms with Crippen LogP contribution in [0.25, 0.3) is 0 Å². The van der Waals surface area contributed by atoms with Crippen LogP contribution in [0.3, 0.4) is 0 Å². The van der Waals surface area contributed by atoms with Gasteiger partial charge in [-0.1, -0.05) is 12.1 Å². The molecule has 1 aromatic heterocycles. The van der Waals surface area contributed by atoms with E-state index < -0.39 is 16.9 Å². The summed E-state index contributed by atoms with van der Waals surface area (Å²) in [6, 6.07) is 5.24. The van der Waals surface area contributed by atoms with Crippen LogP contribution in [0.2, 0.25) is 0 Å². The molecule has 0 bridgehead atoms. The summed E-state index contributed by atoms with van der Waals surface area (Å²) < 4.78 is 5.11. The summed E-state index contributed by atoms with van der Waals surface area (Å²) >= 11 is 1.37. The third kappa shape index (κ3) is 4.34. The van der Waals surface area contributed by atoms with E-state index in [1.165, 1.54) is 35.8 Å². The molecule has 9 nitrogen and oxygen atoms in total. The Hall–Kier alpha value is -3.27. The molecule has 1 aliphatic carbocycles. The molecule has 3 rings (SSSR count). The summed E-state index contributed by atoms with van der Waals surface area (Å²) in [6.45, 7) is 1.98. The van der Waals surface area contributed by atoms with Gasteiger partial charge in [0.25, 0.3) is 5.69 Å². The first-order valence-corrected chi connectivity index (χ1v) is 9.47. The Morgan fingerprint density at radius 2 is 2.21 bits per heavy atom. The van der Waals surface area contributed by atoms with Gasteiger partial charge < -0.3 is 4.74 Å². The maximum absolute atomic E-state index is 12.3. The van der Waals surface area contributed by atoms with Crippen LogP contribution in [0.1, 0.15) is 39.7 Å². The van der Waals surface area contributed by atoms with Gasteiger partial charge in [-0.25, -0.2) is 15.0 Å². The molecule has 28 heavy (non-hydrogen) atoms. The predicted octanol–water partition coefficient (Wildman–Crippen LogP) is 3.48. The fraction of sp³-hybridized carbons (Fsp3) is 0.278. The minimum atomic E-state index is -0.618. The first-order chi connectivity index (χ1) is 13.5. The molecule has 0 radical (unpaired) electrons. The average molecular weight is 402 g/mol. The van der Waals surface area contributed by atoms with Crippen molar-refractivity contribution in [1.82, 2.24) is 5.43 Å². The Balaban J connectivity index is 1.68. The van der Waals surface area contributed by atoms with Crippen LogP contribution in [0, 0.1) is 10.1 Å². The number of hydrogen-bond donors (Lipinski definition) is 2. The molecule has 146 valence electrons. The normalized spacial score (nSPS) is 12.6. The molecule has 1 aliphatic rings. The lowest BCUT2D eigenvalue weighted by Gasteiger charge is -2.07. The van der Waals surface area contributed by atoms with Gasteiger partial charge in [0, 0.05) is 22.6 Å². The number of nitro benzene ring substituents is 1. The zero-order chi connectivity index (χ0) is 20.1. The molecular formula is C18H18N4O5S. The number of non-ortho nitro benzene ring substituents is 1. The van der Waals surface area contributed by atoms with Crippen molar-refractivity contribution in [1.29, 1.82) is 0 Å². The van der Waals surface area contributed by atoms with Crippen LogP contribution < -0.4 is 10.7 Å². The van der Waals surface area contributed by atoms with Crippen molar-refractivity contribution in [2.45, 2.75) is 26.2 Å². The summed E-state index contributed by atoms with van der Waals surface area (Å²) in [4.78, 5) is 35.8. The van der Waals surface area contributed by atoms with E-state index in [0.29, 0.717) is 16.1 Å². The minimum Gasteiger partial charge on any atom is -0.462 e. The van der Waals surface area contributed by atoms with Crippen molar-refractivity contribution in [2.75, 3.05) is 11.9 Å². The molecule has 0 saturated carbocycles. The number of rotatable bonds is 6. The zero-order valence-electron chi connectivity index (χ0n) is 15.1. The van der Waals surface area contributed by atoms with Gasteiger partial charge in [0.1, 0.15) is 5.00 Å². The topological polar surface area (TPSA) is 123 Å². The number of carbonyl (C=O) groups excluding carboxylic acids is 2. The van der Waals surface area contributed by atoms with Crippen molar-refractivity contribution in [3.63, 3.8) is 0 Å². The molecule has 2 aromatic rings. The van der Waals surface area contributed by atoms with Crippen LogP contribution in [-0.4, -0.2) is 29.7 Å². The lowest BCUT2D eigenvalue weighted by Crippen LogP contribution is -2.25. The maximum Gasteiger partial charge on any atom is 0.341 e. The number of esters is 1. The number of ether oxygens (including phenoxy) is 1. The van der Waals surface area contributed by atoms with Gasteiger partial charge >= 0.3 is 12.0 Å². The number of nitrogens with one attached hydrogen (secondary N) is 2. The lowest BCUT2D eigenvalue weighted by atomic mass is 10.1. The van der Waals surface area contributed by atoms with E-state index >= 15 is 0 Å². The van der Waals surface area contributed by atoms with Gasteiger partial charge in [0.2, 0.25) is 0 Å². The molecular weight excluding hydrogens is 384 g/mol. The highest BCUT2D eigenvalue weighted by Gasteiger charge is 2.28. The molecule has 1 aromatic carbocycles. The van der Waals surface area contributed by atoms with Gasteiger partial charge in [0.05, 0.1) is 23.3 Å². The van der Waals surface area contributed by atoms with Crippen LogP contribution in [0.4, 0.5) is 15.5 Å². The van der Waals surface area contributed by atoms with Gasteiger partial charge in [-0.15, -0.1) is 11.3 Å². The number of nitro groups is 1. The molecule has 2 amide bonds. The number of thiophene rings is 1. The fourth-order valence-electron chi connectivity index (χ4n) is 2.93. The highest BCUT2D eigenvalue weighted by molar-refractivity contribution is 7.17. The summed E-state index contributed by atoms with van der Waals surface area (Å²) in [6.07, 6.45) is 3.94. The molecule has 0 aliphatic heterocycles. The monoisotopic (exact) mass is 402 g/mol. The first-order valence-electron chi connectivity index (χ1n) is 8.65. The number of anilines is 1. The third-order valence-corrected chi connectivity index (χ3v) is 5.30. The van der Waals surface area contributed by atoms with Gasteiger partial charge in [-0.05, 0) is 31.7 Å². The number of fused-ring (bicyclic) bond motifs is 1. The molecule has 1 heterocycles. The molecule has 0 spiro atoms. The number of urea groups is 1. The number of aryl methyl sites for hydroxylation is 1. The van der Waals surface area contributed by atoms with Crippen molar-refractivity contribution < 1.29 is 19.2 Å². The Bertz CT molecular complexity index is 953. The van der Waals surface area contributed by atoms with E-state index in [9.17, 15) is 19.7 Å². The van der Waals surface area contributed by atoms with Crippen LogP contribution in [-0.2, 0) is 17.6 Å². The Morgan fingerprint density at radius 3 is 2.96 bits per heavy atom. The predicted molar refractivity (Wildman–Crippen MR) is 105 cm³/mol. The first kappa shape index (κ1) is 19.5. The van der Waals surface area contributed by atoms with Crippen LogP contribution >= 0.6 is 11.3 Å². The average Bonchev–Trinajstić information content (AvgIpc) is 3.22. The van der Waals surface area contributed by atoms with E-state index in [1.807, 2.05) is 0 Å². The van der Waals surface area contributed by atoms with Crippen molar-refractivity contribution in [3.05, 3.63) is 55.9 Å². The molecule has 0 fully saturated rings. The second kappa shape index (κ2) is 8.61. The van der Waals surface area contributed by atoms with Crippen LogP contribution in [0.5, 0.6) is 0 Å². The highest BCUT2D eigenvalue weighted by atomic mass is 32.1. The number of hydrogen-bond acceptors (Lipinski definition) is 7. The molecule has 0 atom stereocenters. The van der Waals surface area contributed by atoms with Crippen LogP contribution in [0.15, 0.2) is 29.4 Å². The van der Waals surface area contributed by atoms with Gasteiger partial charge in [-0.3, -0.25) is 15.4 Å². The number of carbonyl (C=O) groups is 2. The molecule has 10 heteroatoms. The number of nitrogens with zero attached hydrogens (tertiary/aromatic N) is 2. The van der Waals surface area contributed by atoms with E-state index in [0.717, 1.165) is 29.7 Å². The standard InChI is InChI=1S/C18H18N4O5S/c1-2-27-17(23)15-13-7-4-8-14(13)28-16(15)20-18(24)21-19-10-11-5-3-6-12(9-11)22(25)26/h3,5-6,9-10H,2,4,7-8H2,1H3,(H2,20,21,24). The lowest BCUT2D eigenvalue weighted by molar-refractivity contribution is -0.384. The Labute approximate surface area is 164 Å². The SMILES string of the molecule is CCOC(=O)c1c(NC(=O)NN=Cc2cccc([N+](=O)[O-])c2)sc2c1CCC2. The minimum absolute atomic E-state index is 0.0689. The van der Waals surface area contributed by atoms with Crippen molar-refractivity contribution in [3.8, 4) is 0 Å². The summed E-state index contributed by atoms with van der Waals surface area (Å²) in [5.74, 6) is -0.447. The Kier molecular flexibility index (Phi) is 5.99. The molecule has 2 N–H and O–H groups in total. The quantitative estimate of drug-likeness (QED) is 0.331. The smallest absolute Gasteiger partial charge is 0.341 e. The van der Waals surface area contributed by atoms with Gasteiger partial charge in [0.15, 0.2) is 0 Å². The summed E-state index contributed by atoms with van der Waals surface area (Å²) in [7, 11) is 0. The second-order valence-electron chi connectivity index (χ2n) is 5.96. The summed E-state index contributed by atoms with van der Waals surface area (Å²) in [5.41, 5.74) is 4.05. The number of hydrazone groups is 1. The highest BCUT2D eigenvalue weighted by Crippen LogP contribution is 2.39. The van der Waals surface area contributed by atoms with E-state index in [1.54, 1.807) is 13.0 Å². The molecule has 0 saturated heterocycles. The van der Waals surface area contributed by atoms with Gasteiger partial charge in [-0.2, -0.15) is 5.10 Å². The van der Waals surface area contributed by atoms with E-state index in [2.05, 4.69) is 15.8 Å². The summed E-state index contributed by atoms with van der Waals surface area (Å²) in [5, 5.41) is 17.6. The molecule has 0 unspecified atom stereocenters. The Morgan fingerprint density at radius 1 is 1.39 bits per heavy atom. The number of amides is 2. The van der Waals surface area contributed by atoms with Crippen molar-refractivity contribution in [2.24, 2.45) is 5.10 Å². The maximum atomic E-state index is 12.3. The fourth-order valence-corrected chi connectivity index (χ4v) is 4.20. The van der Waals surface area contributed by atoms with Crippen molar-refractivity contribution >= 4 is 40.2 Å².